The number of hydrogen-bond donors (Lipinski definition) is 0. The maximum absolute atomic E-state index is 12.4. The summed E-state index contributed by atoms with van der Waals surface area (Å²) in [5.41, 5.74) is 3.50. The van der Waals surface area contributed by atoms with Gasteiger partial charge in [-0.1, -0.05) is 73.2 Å². The SMILES string of the molecule is O=C1CCCCC1/C(=C\c1ccccc1)c1ccccc1. The van der Waals surface area contributed by atoms with Crippen molar-refractivity contribution < 1.29 is 4.79 Å². The molecule has 0 bridgehead atoms. The molecule has 0 N–H and O–H groups in total. The zero-order valence-electron chi connectivity index (χ0n) is 12.2. The second-order valence-corrected chi connectivity index (χ2v) is 5.64. The van der Waals surface area contributed by atoms with Crippen molar-refractivity contribution in [2.45, 2.75) is 25.7 Å². The molecule has 1 heteroatoms. The summed E-state index contributed by atoms with van der Waals surface area (Å²) < 4.78 is 0. The van der Waals surface area contributed by atoms with E-state index < -0.39 is 0 Å². The molecule has 1 aliphatic carbocycles. The zero-order chi connectivity index (χ0) is 14.5. The van der Waals surface area contributed by atoms with Gasteiger partial charge in [0.15, 0.2) is 0 Å². The highest BCUT2D eigenvalue weighted by atomic mass is 16.1. The van der Waals surface area contributed by atoms with Crippen molar-refractivity contribution in [3.63, 3.8) is 0 Å². The van der Waals surface area contributed by atoms with Gasteiger partial charge < -0.3 is 0 Å². The third-order valence-corrected chi connectivity index (χ3v) is 4.16. The van der Waals surface area contributed by atoms with Gasteiger partial charge in [0.2, 0.25) is 0 Å². The topological polar surface area (TPSA) is 17.1 Å². The van der Waals surface area contributed by atoms with Crippen molar-refractivity contribution in [2.75, 3.05) is 0 Å². The Morgan fingerprint density at radius 2 is 1.57 bits per heavy atom. The van der Waals surface area contributed by atoms with Gasteiger partial charge in [-0.2, -0.15) is 0 Å². The van der Waals surface area contributed by atoms with Crippen LogP contribution in [-0.2, 0) is 4.79 Å². The van der Waals surface area contributed by atoms with E-state index in [1.807, 2.05) is 36.4 Å². The Morgan fingerprint density at radius 3 is 2.24 bits per heavy atom. The molecule has 0 amide bonds. The summed E-state index contributed by atoms with van der Waals surface area (Å²) in [6, 6.07) is 20.6. The molecule has 0 spiro atoms. The van der Waals surface area contributed by atoms with Crippen molar-refractivity contribution in [1.82, 2.24) is 0 Å². The summed E-state index contributed by atoms with van der Waals surface area (Å²) in [6.07, 6.45) is 6.08. The first kappa shape index (κ1) is 13.8. The Hall–Kier alpha value is -2.15. The molecule has 1 atom stereocenters. The second-order valence-electron chi connectivity index (χ2n) is 5.64. The monoisotopic (exact) mass is 276 g/mol. The highest BCUT2D eigenvalue weighted by Gasteiger charge is 2.26. The first-order valence-electron chi connectivity index (χ1n) is 7.69. The molecule has 1 unspecified atom stereocenters. The van der Waals surface area contributed by atoms with Crippen LogP contribution >= 0.6 is 0 Å². The molecule has 0 heterocycles. The average molecular weight is 276 g/mol. The lowest BCUT2D eigenvalue weighted by Crippen LogP contribution is -2.20. The van der Waals surface area contributed by atoms with Gasteiger partial charge in [0.05, 0.1) is 0 Å². The van der Waals surface area contributed by atoms with Crippen LogP contribution in [0.3, 0.4) is 0 Å². The van der Waals surface area contributed by atoms with Crippen molar-refractivity contribution in [3.8, 4) is 0 Å². The van der Waals surface area contributed by atoms with Crippen molar-refractivity contribution in [1.29, 1.82) is 0 Å². The van der Waals surface area contributed by atoms with Crippen molar-refractivity contribution in [3.05, 3.63) is 71.8 Å². The van der Waals surface area contributed by atoms with E-state index in [4.69, 9.17) is 0 Å². The summed E-state index contributed by atoms with van der Waals surface area (Å²) in [7, 11) is 0. The maximum atomic E-state index is 12.4. The van der Waals surface area contributed by atoms with Crippen LogP contribution in [0, 0.1) is 5.92 Å². The predicted octanol–water partition coefficient (Wildman–Crippen LogP) is 4.99. The van der Waals surface area contributed by atoms with Crippen molar-refractivity contribution in [2.24, 2.45) is 5.92 Å². The molecule has 1 fully saturated rings. The van der Waals surface area contributed by atoms with Crippen LogP contribution in [0.15, 0.2) is 60.7 Å². The largest absolute Gasteiger partial charge is 0.299 e. The molecule has 1 aliphatic rings. The summed E-state index contributed by atoms with van der Waals surface area (Å²) in [4.78, 5) is 12.4. The van der Waals surface area contributed by atoms with E-state index in [9.17, 15) is 4.79 Å². The van der Waals surface area contributed by atoms with E-state index in [0.29, 0.717) is 5.78 Å². The Kier molecular flexibility index (Phi) is 4.30. The Bertz CT molecular complexity index is 625. The van der Waals surface area contributed by atoms with Gasteiger partial charge in [-0.05, 0) is 29.5 Å². The van der Waals surface area contributed by atoms with E-state index in [1.165, 1.54) is 11.1 Å². The number of hydrogen-bond acceptors (Lipinski definition) is 1. The molecular weight excluding hydrogens is 256 g/mol. The van der Waals surface area contributed by atoms with Crippen LogP contribution in [0.2, 0.25) is 0 Å². The molecule has 2 aromatic carbocycles. The van der Waals surface area contributed by atoms with Gasteiger partial charge in [-0.15, -0.1) is 0 Å². The van der Waals surface area contributed by atoms with Crippen molar-refractivity contribution >= 4 is 17.4 Å². The molecule has 1 nitrogen and oxygen atoms in total. The van der Waals surface area contributed by atoms with Gasteiger partial charge >= 0.3 is 0 Å². The molecule has 0 aromatic heterocycles. The molecule has 0 aliphatic heterocycles. The molecule has 106 valence electrons. The van der Waals surface area contributed by atoms with Gasteiger partial charge in [-0.3, -0.25) is 4.79 Å². The lowest BCUT2D eigenvalue weighted by Gasteiger charge is -2.24. The van der Waals surface area contributed by atoms with E-state index in [-0.39, 0.29) is 5.92 Å². The molecule has 2 aromatic rings. The number of benzene rings is 2. The van der Waals surface area contributed by atoms with E-state index in [0.717, 1.165) is 31.2 Å². The van der Waals surface area contributed by atoms with Gasteiger partial charge in [-0.25, -0.2) is 0 Å². The Balaban J connectivity index is 2.03. The van der Waals surface area contributed by atoms with E-state index in [1.54, 1.807) is 0 Å². The first-order valence-corrected chi connectivity index (χ1v) is 7.69. The van der Waals surface area contributed by atoms with Crippen LogP contribution in [0.25, 0.3) is 11.6 Å². The number of carbonyl (C=O) groups excluding carboxylic acids is 1. The van der Waals surface area contributed by atoms with Crippen LogP contribution < -0.4 is 0 Å². The van der Waals surface area contributed by atoms with Crippen LogP contribution in [0.5, 0.6) is 0 Å². The normalized spacial score (nSPS) is 19.5. The Labute approximate surface area is 126 Å². The van der Waals surface area contributed by atoms with Crippen LogP contribution in [-0.4, -0.2) is 5.78 Å². The third kappa shape index (κ3) is 3.30. The minimum absolute atomic E-state index is 0.0568. The summed E-state index contributed by atoms with van der Waals surface area (Å²) in [5.74, 6) is 0.452. The fourth-order valence-corrected chi connectivity index (χ4v) is 3.06. The first-order chi connectivity index (χ1) is 10.3. The molecule has 0 saturated heterocycles. The minimum Gasteiger partial charge on any atom is -0.299 e. The van der Waals surface area contributed by atoms with Gasteiger partial charge in [0.25, 0.3) is 0 Å². The van der Waals surface area contributed by atoms with E-state index in [2.05, 4.69) is 30.3 Å². The minimum atomic E-state index is 0.0568. The van der Waals surface area contributed by atoms with Crippen LogP contribution in [0.4, 0.5) is 0 Å². The number of ketones is 1. The number of carbonyl (C=O) groups is 1. The van der Waals surface area contributed by atoms with Crippen LogP contribution in [0.1, 0.15) is 36.8 Å². The standard InChI is InChI=1S/C20H20O/c21-20-14-8-7-13-18(20)19(17-11-5-2-6-12-17)15-16-9-3-1-4-10-16/h1-6,9-12,15,18H,7-8,13-14H2/b19-15-. The smallest absolute Gasteiger partial charge is 0.140 e. The molecule has 0 radical (unpaired) electrons. The van der Waals surface area contributed by atoms with Gasteiger partial charge in [0, 0.05) is 12.3 Å². The molecular formula is C20H20O. The Morgan fingerprint density at radius 1 is 0.905 bits per heavy atom. The number of rotatable bonds is 3. The lowest BCUT2D eigenvalue weighted by atomic mass is 9.79. The maximum Gasteiger partial charge on any atom is 0.140 e. The predicted molar refractivity (Wildman–Crippen MR) is 87.7 cm³/mol. The summed E-state index contributed by atoms with van der Waals surface area (Å²) in [6.45, 7) is 0. The molecule has 3 rings (SSSR count). The molecule has 21 heavy (non-hydrogen) atoms. The fourth-order valence-electron chi connectivity index (χ4n) is 3.06. The average Bonchev–Trinajstić information content (AvgIpc) is 2.55. The molecule has 1 saturated carbocycles. The summed E-state index contributed by atoms with van der Waals surface area (Å²) in [5, 5.41) is 0. The lowest BCUT2D eigenvalue weighted by molar-refractivity contribution is -0.122. The quantitative estimate of drug-likeness (QED) is 0.722. The highest BCUT2D eigenvalue weighted by Crippen LogP contribution is 2.34. The fraction of sp³-hybridized carbons (Fsp3) is 0.250. The second kappa shape index (κ2) is 6.53. The summed E-state index contributed by atoms with van der Waals surface area (Å²) >= 11 is 0. The number of Topliss-reactive ketones (excluding diaryl/α,β-unsaturated/α-hetero) is 1. The zero-order valence-corrected chi connectivity index (χ0v) is 12.2. The number of allylic oxidation sites excluding steroid dienone is 1. The third-order valence-electron chi connectivity index (χ3n) is 4.16. The van der Waals surface area contributed by atoms with E-state index >= 15 is 0 Å². The van der Waals surface area contributed by atoms with Gasteiger partial charge in [0.1, 0.15) is 5.78 Å². The highest BCUT2D eigenvalue weighted by molar-refractivity contribution is 5.98.